The summed E-state index contributed by atoms with van der Waals surface area (Å²) < 4.78 is 53.7. The molecule has 0 saturated carbocycles. The molecule has 428 valence electrons. The van der Waals surface area contributed by atoms with E-state index in [-0.39, 0.29) is 0 Å². The highest BCUT2D eigenvalue weighted by Crippen LogP contribution is 2.48. The number of aromatic nitrogens is 4. The Bertz CT molecular complexity index is 5540. The highest BCUT2D eigenvalue weighted by molar-refractivity contribution is 6.15. The molecule has 0 saturated heterocycles. The molecule has 0 amide bonds. The van der Waals surface area contributed by atoms with Crippen LogP contribution in [0.2, 0.25) is 0 Å². The molecule has 0 aliphatic carbocycles. The van der Waals surface area contributed by atoms with Gasteiger partial charge in [-0.3, -0.25) is 0 Å². The van der Waals surface area contributed by atoms with E-state index >= 15 is 13.2 Å². The van der Waals surface area contributed by atoms with Crippen molar-refractivity contribution in [3.63, 3.8) is 0 Å². The predicted octanol–water partition coefficient (Wildman–Crippen LogP) is 21.0. The summed E-state index contributed by atoms with van der Waals surface area (Å²) >= 11 is 0. The van der Waals surface area contributed by atoms with Crippen molar-refractivity contribution in [3.05, 3.63) is 287 Å². The molecule has 4 heterocycles. The Kier molecular flexibility index (Phi) is 12.9. The average molecular weight is 1170 g/mol. The smallest absolute Gasteiger partial charge is 0.308 e. The van der Waals surface area contributed by atoms with Crippen molar-refractivity contribution < 1.29 is 13.2 Å². The first-order valence-electron chi connectivity index (χ1n) is 29.7. The van der Waals surface area contributed by atoms with Gasteiger partial charge < -0.3 is 18.3 Å². The van der Waals surface area contributed by atoms with Crippen LogP contribution in [0, 0.1) is 61.7 Å². The van der Waals surface area contributed by atoms with E-state index in [1.165, 1.54) is 12.1 Å². The molecule has 0 spiro atoms. The van der Waals surface area contributed by atoms with Gasteiger partial charge in [0.1, 0.15) is 0 Å². The van der Waals surface area contributed by atoms with Crippen LogP contribution >= 0.6 is 0 Å². The van der Waals surface area contributed by atoms with Gasteiger partial charge in [-0.1, -0.05) is 170 Å². The lowest BCUT2D eigenvalue weighted by Crippen LogP contribution is -2.11. The van der Waals surface area contributed by atoms with Crippen LogP contribution in [0.15, 0.2) is 243 Å². The summed E-state index contributed by atoms with van der Waals surface area (Å²) in [5.74, 6) is 0. The normalized spacial score (nSPS) is 11.7. The molecule has 12 aromatic carbocycles. The largest absolute Gasteiger partial charge is 0.416 e. The van der Waals surface area contributed by atoms with E-state index < -0.39 is 11.7 Å². The minimum Gasteiger partial charge on any atom is -0.308 e. The van der Waals surface area contributed by atoms with Crippen molar-refractivity contribution in [2.75, 3.05) is 0 Å². The number of nitrogens with zero attached hydrogens (tertiary/aromatic N) is 7. The lowest BCUT2D eigenvalue weighted by Gasteiger charge is -2.23. The number of benzene rings is 12. The van der Waals surface area contributed by atoms with Gasteiger partial charge in [-0.25, -0.2) is 0 Å². The first kappa shape index (κ1) is 54.7. The third-order valence-corrected chi connectivity index (χ3v) is 17.8. The van der Waals surface area contributed by atoms with Crippen LogP contribution < -0.4 is 0 Å². The molecule has 90 heavy (non-hydrogen) atoms. The third kappa shape index (κ3) is 8.55. The Balaban J connectivity index is 0.000000150. The summed E-state index contributed by atoms with van der Waals surface area (Å²) in [6.07, 6.45) is -4.63. The van der Waals surface area contributed by atoms with Crippen LogP contribution in [0.5, 0.6) is 0 Å². The fourth-order valence-corrected chi connectivity index (χ4v) is 14.0. The maximum Gasteiger partial charge on any atom is 0.416 e. The molecule has 4 aromatic heterocycles. The molecule has 0 aliphatic rings. The maximum atomic E-state index is 15.0. The van der Waals surface area contributed by atoms with Gasteiger partial charge in [0.2, 0.25) is 0 Å². The number of para-hydroxylation sites is 8. The highest BCUT2D eigenvalue weighted by Gasteiger charge is 2.35. The zero-order chi connectivity index (χ0) is 61.7. The minimum absolute atomic E-state index is 0.389. The molecule has 0 N–H and O–H groups in total. The minimum atomic E-state index is -4.63. The number of aryl methyl sites for hydroxylation is 4. The Morgan fingerprint density at radius 2 is 0.556 bits per heavy atom. The maximum absolute atomic E-state index is 15.0. The van der Waals surface area contributed by atoms with E-state index in [4.69, 9.17) is 0 Å². The van der Waals surface area contributed by atoms with Crippen LogP contribution in [0.3, 0.4) is 0 Å². The second-order valence-corrected chi connectivity index (χ2v) is 23.1. The van der Waals surface area contributed by atoms with Crippen LogP contribution in [0.25, 0.3) is 132 Å². The second kappa shape index (κ2) is 21.2. The number of alkyl halides is 3. The molecule has 0 aliphatic heterocycles. The quantitative estimate of drug-likeness (QED) is 0.166. The van der Waals surface area contributed by atoms with Gasteiger partial charge in [0.15, 0.2) is 0 Å². The van der Waals surface area contributed by atoms with Crippen molar-refractivity contribution in [3.8, 4) is 63.2 Å². The van der Waals surface area contributed by atoms with Gasteiger partial charge in [0, 0.05) is 54.2 Å². The van der Waals surface area contributed by atoms with E-state index in [2.05, 4.69) is 132 Å². The van der Waals surface area contributed by atoms with Crippen LogP contribution in [0.1, 0.15) is 44.5 Å². The van der Waals surface area contributed by atoms with Gasteiger partial charge in [-0.15, -0.1) is 0 Å². The summed E-state index contributed by atoms with van der Waals surface area (Å²) in [4.78, 5) is 0. The standard InChI is InChI=1S/C40H26F3N3.C40H26N4/c1-24-10-7-16-31-29-14-3-5-18-33(29)45(38(24)31)35-21-28(40(41,42)43)22-36(37(35)27-13-9-12-26(20-27)23-44)46-34-19-6-4-15-30(34)32-17-8-11-25(2)39(32)46;1-25-10-7-16-32-30-14-3-5-18-34(30)43(39(25)32)36-21-28(24-42)22-37(38(36)29-13-9-12-27(20-29)23-41)44-35-19-6-4-15-31(35)33-17-8-11-26(2)40(33)44/h3-22H,1-2H3;3-22H,1-2H3. The monoisotopic (exact) mass is 1170 g/mol. The van der Waals surface area contributed by atoms with Gasteiger partial charge in [-0.2, -0.15) is 29.0 Å². The fourth-order valence-electron chi connectivity index (χ4n) is 14.0. The summed E-state index contributed by atoms with van der Waals surface area (Å²) in [5.41, 5.74) is 18.3. The molecule has 0 unspecified atom stereocenters. The molecular weight excluding hydrogens is 1120 g/mol. The fraction of sp³-hybridized carbons (Fsp3) is 0.0625. The Morgan fingerprint density at radius 1 is 0.289 bits per heavy atom. The van der Waals surface area contributed by atoms with E-state index in [0.717, 1.165) is 132 Å². The number of fused-ring (bicyclic) bond motifs is 12. The molecule has 0 atom stereocenters. The molecule has 10 heteroatoms. The molecule has 16 aromatic rings. The van der Waals surface area contributed by atoms with E-state index in [1.807, 2.05) is 144 Å². The summed E-state index contributed by atoms with van der Waals surface area (Å²) in [7, 11) is 0. The Hall–Kier alpha value is -11.9. The molecule has 7 nitrogen and oxygen atoms in total. The predicted molar refractivity (Wildman–Crippen MR) is 359 cm³/mol. The molecule has 0 radical (unpaired) electrons. The molecule has 0 fully saturated rings. The zero-order valence-corrected chi connectivity index (χ0v) is 49.4. The topological polar surface area (TPSA) is 91.1 Å². The van der Waals surface area contributed by atoms with E-state index in [0.29, 0.717) is 39.2 Å². The number of rotatable bonds is 6. The summed E-state index contributed by atoms with van der Waals surface area (Å²) in [5, 5.41) is 38.7. The van der Waals surface area contributed by atoms with Crippen molar-refractivity contribution in [2.24, 2.45) is 0 Å². The van der Waals surface area contributed by atoms with Crippen LogP contribution in [-0.2, 0) is 6.18 Å². The molecule has 16 rings (SSSR count). The SMILES string of the molecule is Cc1cccc2c3ccccc3n(-c3cc(C#N)cc(-n4c5ccccc5c5cccc(C)c54)c3-c3cccc(C#N)c3)c12.Cc1cccc2c3ccccc3n(-c3cc(C(F)(F)F)cc(-n4c5ccccc5c5cccc(C)c54)c3-c3cccc(C#N)c3)c12. The van der Waals surface area contributed by atoms with Gasteiger partial charge in [0.05, 0.1) is 107 Å². The van der Waals surface area contributed by atoms with Gasteiger partial charge >= 0.3 is 6.18 Å². The molecule has 0 bridgehead atoms. The van der Waals surface area contributed by atoms with Crippen molar-refractivity contribution in [1.29, 1.82) is 15.8 Å². The van der Waals surface area contributed by atoms with E-state index in [9.17, 15) is 15.8 Å². The van der Waals surface area contributed by atoms with Crippen LogP contribution in [0.4, 0.5) is 13.2 Å². The first-order chi connectivity index (χ1) is 43.8. The van der Waals surface area contributed by atoms with Crippen molar-refractivity contribution in [1.82, 2.24) is 18.3 Å². The average Bonchev–Trinajstić information content (AvgIpc) is 1.58. The Morgan fingerprint density at radius 3 is 0.844 bits per heavy atom. The third-order valence-electron chi connectivity index (χ3n) is 17.8. The zero-order valence-electron chi connectivity index (χ0n) is 49.4. The molecular formula is C80H52F3N7. The lowest BCUT2D eigenvalue weighted by atomic mass is 9.96. The van der Waals surface area contributed by atoms with Crippen molar-refractivity contribution in [2.45, 2.75) is 33.9 Å². The van der Waals surface area contributed by atoms with Crippen LogP contribution in [-0.4, -0.2) is 18.3 Å². The van der Waals surface area contributed by atoms with Gasteiger partial charge in [0.25, 0.3) is 0 Å². The highest BCUT2D eigenvalue weighted by atomic mass is 19.4. The summed E-state index contributed by atoms with van der Waals surface area (Å²) in [6, 6.07) is 85.8. The van der Waals surface area contributed by atoms with Crippen molar-refractivity contribution >= 4 is 87.2 Å². The second-order valence-electron chi connectivity index (χ2n) is 23.1. The number of hydrogen-bond donors (Lipinski definition) is 0. The number of hydrogen-bond acceptors (Lipinski definition) is 3. The van der Waals surface area contributed by atoms with E-state index in [1.54, 1.807) is 18.2 Å². The first-order valence-corrected chi connectivity index (χ1v) is 29.7. The number of halogens is 3. The summed E-state index contributed by atoms with van der Waals surface area (Å²) in [6.45, 7) is 8.25. The number of nitriles is 3. The van der Waals surface area contributed by atoms with Gasteiger partial charge in [-0.05, 0) is 134 Å². The lowest BCUT2D eigenvalue weighted by molar-refractivity contribution is -0.137. The Labute approximate surface area is 516 Å².